The fraction of sp³-hybridized carbons (Fsp3) is 0.643. The van der Waals surface area contributed by atoms with E-state index >= 15 is 0 Å². The van der Waals surface area contributed by atoms with Crippen LogP contribution in [0, 0.1) is 0 Å². The maximum atomic E-state index is 13.0. The summed E-state index contributed by atoms with van der Waals surface area (Å²) in [5, 5.41) is 3.02. The molecule has 114 valence electrons. The summed E-state index contributed by atoms with van der Waals surface area (Å²) in [5.74, 6) is 0. The minimum absolute atomic E-state index is 0.117. The molecular formula is C14H21F3N2O. The lowest BCUT2D eigenvalue weighted by atomic mass is 10.0. The summed E-state index contributed by atoms with van der Waals surface area (Å²) in [4.78, 5) is 3.81. The molecule has 0 spiro atoms. The molecule has 1 aromatic heterocycles. The highest BCUT2D eigenvalue weighted by molar-refractivity contribution is 5.29. The zero-order valence-corrected chi connectivity index (χ0v) is 12.2. The number of likely N-dealkylation sites (N-methyl/N-ethyl adjacent to an activating group) is 1. The Morgan fingerprint density at radius 1 is 1.30 bits per heavy atom. The van der Waals surface area contributed by atoms with Crippen molar-refractivity contribution in [2.24, 2.45) is 0 Å². The Balaban J connectivity index is 3.03. The molecule has 0 aliphatic heterocycles. The summed E-state index contributed by atoms with van der Waals surface area (Å²) in [6, 6.07) is 0.459. The minimum Gasteiger partial charge on any atom is -0.374 e. The van der Waals surface area contributed by atoms with Crippen molar-refractivity contribution in [3.63, 3.8) is 0 Å². The first-order valence-electron chi connectivity index (χ1n) is 6.53. The van der Waals surface area contributed by atoms with E-state index in [2.05, 4.69) is 10.3 Å². The average Bonchev–Trinajstić information content (AvgIpc) is 2.32. The summed E-state index contributed by atoms with van der Waals surface area (Å²) in [6.07, 6.45) is -1.99. The van der Waals surface area contributed by atoms with Crippen molar-refractivity contribution >= 4 is 0 Å². The van der Waals surface area contributed by atoms with Gasteiger partial charge in [0.25, 0.3) is 0 Å². The maximum absolute atomic E-state index is 13.0. The largest absolute Gasteiger partial charge is 0.416 e. The van der Waals surface area contributed by atoms with E-state index in [0.29, 0.717) is 6.54 Å². The van der Waals surface area contributed by atoms with Crippen molar-refractivity contribution in [3.05, 3.63) is 29.6 Å². The van der Waals surface area contributed by atoms with Gasteiger partial charge in [0.1, 0.15) is 0 Å². The molecule has 6 heteroatoms. The van der Waals surface area contributed by atoms with E-state index in [1.807, 2.05) is 27.7 Å². The van der Waals surface area contributed by atoms with Crippen LogP contribution in [0.4, 0.5) is 13.2 Å². The SMILES string of the molecule is CCNC(COC(C)(C)C)c1cnccc1C(F)(F)F. The molecule has 1 aromatic rings. The molecule has 0 aliphatic carbocycles. The van der Waals surface area contributed by atoms with Crippen LogP contribution in [0.1, 0.15) is 44.9 Å². The van der Waals surface area contributed by atoms with Gasteiger partial charge in [-0.1, -0.05) is 6.92 Å². The molecule has 0 bridgehead atoms. The summed E-state index contributed by atoms with van der Waals surface area (Å²) in [5.41, 5.74) is -0.962. The van der Waals surface area contributed by atoms with Crippen LogP contribution in [0.15, 0.2) is 18.5 Å². The number of hydrogen-bond acceptors (Lipinski definition) is 3. The zero-order valence-electron chi connectivity index (χ0n) is 12.2. The van der Waals surface area contributed by atoms with E-state index in [1.54, 1.807) is 0 Å². The van der Waals surface area contributed by atoms with E-state index in [1.165, 1.54) is 6.20 Å². The second kappa shape index (κ2) is 6.54. The Morgan fingerprint density at radius 2 is 1.95 bits per heavy atom. The van der Waals surface area contributed by atoms with E-state index in [-0.39, 0.29) is 12.2 Å². The molecule has 1 unspecified atom stereocenters. The number of halogens is 3. The van der Waals surface area contributed by atoms with Gasteiger partial charge in [-0.25, -0.2) is 0 Å². The number of nitrogens with zero attached hydrogens (tertiary/aromatic N) is 1. The van der Waals surface area contributed by atoms with Gasteiger partial charge >= 0.3 is 6.18 Å². The van der Waals surface area contributed by atoms with Crippen LogP contribution < -0.4 is 5.32 Å². The van der Waals surface area contributed by atoms with Gasteiger partial charge < -0.3 is 10.1 Å². The van der Waals surface area contributed by atoms with Gasteiger partial charge in [0.2, 0.25) is 0 Å². The number of aromatic nitrogens is 1. The van der Waals surface area contributed by atoms with Crippen molar-refractivity contribution in [1.29, 1.82) is 0 Å². The number of pyridine rings is 1. The second-order valence-electron chi connectivity index (χ2n) is 5.49. The molecule has 0 saturated heterocycles. The molecule has 0 fully saturated rings. The standard InChI is InChI=1S/C14H21F3N2O/c1-5-19-12(9-20-13(2,3)4)10-8-18-7-6-11(10)14(15,16)17/h6-8,12,19H,5,9H2,1-4H3. The average molecular weight is 290 g/mol. The van der Waals surface area contributed by atoms with Gasteiger partial charge in [0.05, 0.1) is 23.8 Å². The van der Waals surface area contributed by atoms with Crippen molar-refractivity contribution in [1.82, 2.24) is 10.3 Å². The van der Waals surface area contributed by atoms with Crippen molar-refractivity contribution in [2.75, 3.05) is 13.2 Å². The van der Waals surface area contributed by atoms with Gasteiger partial charge in [-0.05, 0) is 33.4 Å². The highest BCUT2D eigenvalue weighted by Gasteiger charge is 2.35. The lowest BCUT2D eigenvalue weighted by Crippen LogP contribution is -2.31. The monoisotopic (exact) mass is 290 g/mol. The van der Waals surface area contributed by atoms with Crippen molar-refractivity contribution in [2.45, 2.75) is 45.5 Å². The van der Waals surface area contributed by atoms with Crippen molar-refractivity contribution < 1.29 is 17.9 Å². The van der Waals surface area contributed by atoms with Crippen LogP contribution >= 0.6 is 0 Å². The molecule has 1 rings (SSSR count). The predicted molar refractivity (Wildman–Crippen MR) is 71.4 cm³/mol. The first-order valence-corrected chi connectivity index (χ1v) is 6.53. The summed E-state index contributed by atoms with van der Waals surface area (Å²) in [7, 11) is 0. The Morgan fingerprint density at radius 3 is 2.45 bits per heavy atom. The van der Waals surface area contributed by atoms with Gasteiger partial charge in [0.15, 0.2) is 0 Å². The normalized spacial score (nSPS) is 14.3. The van der Waals surface area contributed by atoms with Crippen LogP contribution in [0.3, 0.4) is 0 Å². The lowest BCUT2D eigenvalue weighted by molar-refractivity contribution is -0.138. The van der Waals surface area contributed by atoms with Crippen LogP contribution in [-0.2, 0) is 10.9 Å². The smallest absolute Gasteiger partial charge is 0.374 e. The third-order valence-corrected chi connectivity index (χ3v) is 2.67. The molecular weight excluding hydrogens is 269 g/mol. The second-order valence-corrected chi connectivity index (χ2v) is 5.49. The Kier molecular flexibility index (Phi) is 5.53. The molecule has 20 heavy (non-hydrogen) atoms. The molecule has 0 saturated carbocycles. The Hall–Kier alpha value is -1.14. The maximum Gasteiger partial charge on any atom is 0.416 e. The van der Waals surface area contributed by atoms with Crippen LogP contribution in [0.5, 0.6) is 0 Å². The zero-order chi connectivity index (χ0) is 15.4. The van der Waals surface area contributed by atoms with Gasteiger partial charge in [0, 0.05) is 18.0 Å². The van der Waals surface area contributed by atoms with Gasteiger partial charge in [-0.15, -0.1) is 0 Å². The molecule has 3 nitrogen and oxygen atoms in total. The Labute approximate surface area is 117 Å². The minimum atomic E-state index is -4.40. The molecule has 1 atom stereocenters. The summed E-state index contributed by atoms with van der Waals surface area (Å²) < 4.78 is 44.7. The van der Waals surface area contributed by atoms with Crippen LogP contribution in [0.25, 0.3) is 0 Å². The lowest BCUT2D eigenvalue weighted by Gasteiger charge is -2.26. The van der Waals surface area contributed by atoms with E-state index in [9.17, 15) is 13.2 Å². The topological polar surface area (TPSA) is 34.1 Å². The van der Waals surface area contributed by atoms with Crippen molar-refractivity contribution in [3.8, 4) is 0 Å². The molecule has 0 aliphatic rings. The molecule has 0 aromatic carbocycles. The quantitative estimate of drug-likeness (QED) is 0.900. The van der Waals surface area contributed by atoms with E-state index in [4.69, 9.17) is 4.74 Å². The summed E-state index contributed by atoms with van der Waals surface area (Å²) in [6.45, 7) is 8.14. The first kappa shape index (κ1) is 16.9. The molecule has 1 heterocycles. The molecule has 1 N–H and O–H groups in total. The summed E-state index contributed by atoms with van der Waals surface area (Å²) >= 11 is 0. The van der Waals surface area contributed by atoms with Gasteiger partial charge in [-0.2, -0.15) is 13.2 Å². The fourth-order valence-corrected chi connectivity index (χ4v) is 1.78. The number of hydrogen-bond donors (Lipinski definition) is 1. The van der Waals surface area contributed by atoms with E-state index < -0.39 is 23.4 Å². The van der Waals surface area contributed by atoms with E-state index in [0.717, 1.165) is 12.3 Å². The highest BCUT2D eigenvalue weighted by atomic mass is 19.4. The molecule has 0 amide bonds. The highest BCUT2D eigenvalue weighted by Crippen LogP contribution is 2.34. The Bertz CT molecular complexity index is 427. The number of rotatable bonds is 5. The van der Waals surface area contributed by atoms with Crippen LogP contribution in [0.2, 0.25) is 0 Å². The number of nitrogens with one attached hydrogen (secondary N) is 1. The number of ether oxygens (including phenoxy) is 1. The third-order valence-electron chi connectivity index (χ3n) is 2.67. The van der Waals surface area contributed by atoms with Crippen LogP contribution in [-0.4, -0.2) is 23.7 Å². The molecule has 0 radical (unpaired) electrons. The third kappa shape index (κ3) is 5.09. The van der Waals surface area contributed by atoms with Gasteiger partial charge in [-0.3, -0.25) is 4.98 Å². The number of alkyl halides is 3. The fourth-order valence-electron chi connectivity index (χ4n) is 1.78. The first-order chi connectivity index (χ1) is 9.15. The predicted octanol–water partition coefficient (Wildman–Crippen LogP) is 3.57.